The van der Waals surface area contributed by atoms with Crippen molar-refractivity contribution in [1.82, 2.24) is 4.90 Å². The van der Waals surface area contributed by atoms with E-state index in [1.54, 1.807) is 0 Å². The third kappa shape index (κ3) is 2.28. The molecule has 0 bridgehead atoms. The normalized spacial score (nSPS) is 31.5. The first-order valence-electron chi connectivity index (χ1n) is 8.62. The number of hydrogen-bond acceptors (Lipinski definition) is 2. The zero-order valence-corrected chi connectivity index (χ0v) is 13.3. The van der Waals surface area contributed by atoms with Gasteiger partial charge in [0.25, 0.3) is 0 Å². The summed E-state index contributed by atoms with van der Waals surface area (Å²) < 4.78 is 0. The fourth-order valence-electron chi connectivity index (χ4n) is 4.87. The molecule has 1 saturated heterocycles. The summed E-state index contributed by atoms with van der Waals surface area (Å²) in [6.45, 7) is 7.40. The quantitative estimate of drug-likeness (QED) is 0.895. The van der Waals surface area contributed by atoms with Crippen molar-refractivity contribution in [2.45, 2.75) is 57.4 Å². The van der Waals surface area contributed by atoms with Gasteiger partial charge >= 0.3 is 0 Å². The smallest absolute Gasteiger partial charge is 0.115 e. The van der Waals surface area contributed by atoms with Gasteiger partial charge in [-0.05, 0) is 79.2 Å². The molecule has 2 atom stereocenters. The SMILES string of the molecule is CC1(C)c2cc(O)ccc2CC2C1CCCN2CC1CC1. The molecule has 2 unspecified atom stereocenters. The van der Waals surface area contributed by atoms with Crippen LogP contribution in [-0.4, -0.2) is 29.1 Å². The van der Waals surface area contributed by atoms with Crippen LogP contribution in [0.3, 0.4) is 0 Å². The van der Waals surface area contributed by atoms with E-state index in [1.807, 2.05) is 12.1 Å². The summed E-state index contributed by atoms with van der Waals surface area (Å²) in [6.07, 6.45) is 6.75. The number of phenols is 1. The third-order valence-electron chi connectivity index (χ3n) is 6.23. The Morgan fingerprint density at radius 3 is 2.81 bits per heavy atom. The highest BCUT2D eigenvalue weighted by molar-refractivity contribution is 5.43. The molecule has 0 spiro atoms. The maximum Gasteiger partial charge on any atom is 0.115 e. The summed E-state index contributed by atoms with van der Waals surface area (Å²) in [5.41, 5.74) is 3.03. The number of piperidine rings is 1. The highest BCUT2D eigenvalue weighted by Crippen LogP contribution is 2.48. The maximum absolute atomic E-state index is 9.89. The number of aromatic hydroxyl groups is 1. The minimum Gasteiger partial charge on any atom is -0.508 e. The molecule has 0 amide bonds. The molecule has 114 valence electrons. The Labute approximate surface area is 128 Å². The number of fused-ring (bicyclic) bond motifs is 2. The van der Waals surface area contributed by atoms with E-state index in [-0.39, 0.29) is 5.41 Å². The summed E-state index contributed by atoms with van der Waals surface area (Å²) in [4.78, 5) is 2.80. The Kier molecular flexibility index (Phi) is 3.08. The molecule has 0 aromatic heterocycles. The van der Waals surface area contributed by atoms with E-state index >= 15 is 0 Å². The van der Waals surface area contributed by atoms with E-state index in [9.17, 15) is 5.11 Å². The minimum atomic E-state index is 0.180. The highest BCUT2D eigenvalue weighted by atomic mass is 16.3. The first kappa shape index (κ1) is 13.6. The van der Waals surface area contributed by atoms with Gasteiger partial charge < -0.3 is 5.11 Å². The van der Waals surface area contributed by atoms with Gasteiger partial charge in [0, 0.05) is 12.6 Å². The van der Waals surface area contributed by atoms with Gasteiger partial charge in [-0.3, -0.25) is 4.90 Å². The van der Waals surface area contributed by atoms with Crippen molar-refractivity contribution >= 4 is 0 Å². The lowest BCUT2D eigenvalue weighted by Crippen LogP contribution is -2.55. The van der Waals surface area contributed by atoms with Gasteiger partial charge in [0.05, 0.1) is 0 Å². The predicted octanol–water partition coefficient (Wildman–Crippen LogP) is 3.72. The molecule has 1 aromatic carbocycles. The second-order valence-corrected chi connectivity index (χ2v) is 8.02. The Balaban J connectivity index is 1.70. The van der Waals surface area contributed by atoms with Crippen LogP contribution in [0.5, 0.6) is 5.75 Å². The second kappa shape index (κ2) is 4.74. The molecule has 2 fully saturated rings. The summed E-state index contributed by atoms with van der Waals surface area (Å²) in [5.74, 6) is 2.14. The average molecular weight is 285 g/mol. The lowest BCUT2D eigenvalue weighted by atomic mass is 9.60. The van der Waals surface area contributed by atoms with Gasteiger partial charge in [-0.2, -0.15) is 0 Å². The van der Waals surface area contributed by atoms with Crippen molar-refractivity contribution in [3.63, 3.8) is 0 Å². The predicted molar refractivity (Wildman–Crippen MR) is 85.6 cm³/mol. The van der Waals surface area contributed by atoms with Gasteiger partial charge in [0.1, 0.15) is 5.75 Å². The Hall–Kier alpha value is -1.02. The van der Waals surface area contributed by atoms with Gasteiger partial charge in [-0.1, -0.05) is 19.9 Å². The van der Waals surface area contributed by atoms with E-state index < -0.39 is 0 Å². The van der Waals surface area contributed by atoms with Crippen LogP contribution >= 0.6 is 0 Å². The van der Waals surface area contributed by atoms with E-state index in [2.05, 4.69) is 24.8 Å². The summed E-state index contributed by atoms with van der Waals surface area (Å²) in [6, 6.07) is 6.76. The van der Waals surface area contributed by atoms with Crippen LogP contribution in [0.2, 0.25) is 0 Å². The van der Waals surface area contributed by atoms with Gasteiger partial charge in [-0.15, -0.1) is 0 Å². The number of nitrogens with zero attached hydrogens (tertiary/aromatic N) is 1. The van der Waals surface area contributed by atoms with Crippen molar-refractivity contribution in [3.8, 4) is 5.75 Å². The van der Waals surface area contributed by atoms with Crippen molar-refractivity contribution in [2.24, 2.45) is 11.8 Å². The highest BCUT2D eigenvalue weighted by Gasteiger charge is 2.46. The molecule has 0 radical (unpaired) electrons. The lowest BCUT2D eigenvalue weighted by molar-refractivity contribution is 0.0408. The molecule has 1 saturated carbocycles. The molecule has 1 aliphatic heterocycles. The maximum atomic E-state index is 9.89. The molecule has 2 nitrogen and oxygen atoms in total. The molecule has 2 aliphatic carbocycles. The number of likely N-dealkylation sites (tertiary alicyclic amines) is 1. The lowest BCUT2D eigenvalue weighted by Gasteiger charge is -2.52. The van der Waals surface area contributed by atoms with E-state index in [0.29, 0.717) is 11.8 Å². The molecular weight excluding hydrogens is 258 g/mol. The van der Waals surface area contributed by atoms with E-state index in [4.69, 9.17) is 0 Å². The topological polar surface area (TPSA) is 23.5 Å². The number of phenolic OH excluding ortho intramolecular Hbond substituents is 1. The molecule has 4 rings (SSSR count). The molecule has 1 aromatic rings. The molecule has 2 heteroatoms. The first-order valence-corrected chi connectivity index (χ1v) is 8.62. The number of hydrogen-bond donors (Lipinski definition) is 1. The summed E-state index contributed by atoms with van der Waals surface area (Å²) in [5, 5.41) is 9.89. The number of rotatable bonds is 2. The van der Waals surface area contributed by atoms with Crippen LogP contribution in [-0.2, 0) is 11.8 Å². The Bertz CT molecular complexity index is 546. The van der Waals surface area contributed by atoms with Gasteiger partial charge in [-0.25, -0.2) is 0 Å². The number of benzene rings is 1. The van der Waals surface area contributed by atoms with Crippen molar-refractivity contribution in [2.75, 3.05) is 13.1 Å². The van der Waals surface area contributed by atoms with E-state index in [1.165, 1.54) is 56.3 Å². The summed E-state index contributed by atoms with van der Waals surface area (Å²) in [7, 11) is 0. The van der Waals surface area contributed by atoms with Gasteiger partial charge in [0.2, 0.25) is 0 Å². The van der Waals surface area contributed by atoms with E-state index in [0.717, 1.165) is 11.8 Å². The average Bonchev–Trinajstić information content (AvgIpc) is 3.25. The fourth-order valence-corrected chi connectivity index (χ4v) is 4.87. The van der Waals surface area contributed by atoms with Crippen molar-refractivity contribution in [1.29, 1.82) is 0 Å². The van der Waals surface area contributed by atoms with Crippen LogP contribution in [0.15, 0.2) is 18.2 Å². The van der Waals surface area contributed by atoms with Crippen LogP contribution in [0.4, 0.5) is 0 Å². The zero-order chi connectivity index (χ0) is 14.6. The summed E-state index contributed by atoms with van der Waals surface area (Å²) >= 11 is 0. The molecule has 1 heterocycles. The van der Waals surface area contributed by atoms with Crippen molar-refractivity contribution in [3.05, 3.63) is 29.3 Å². The first-order chi connectivity index (χ1) is 10.1. The Morgan fingerprint density at radius 2 is 2.05 bits per heavy atom. The van der Waals surface area contributed by atoms with Crippen LogP contribution in [0.25, 0.3) is 0 Å². The second-order valence-electron chi connectivity index (χ2n) is 8.02. The van der Waals surface area contributed by atoms with Crippen LogP contribution in [0, 0.1) is 11.8 Å². The molecule has 1 N–H and O–H groups in total. The van der Waals surface area contributed by atoms with Crippen molar-refractivity contribution < 1.29 is 5.11 Å². The zero-order valence-electron chi connectivity index (χ0n) is 13.3. The van der Waals surface area contributed by atoms with Crippen LogP contribution in [0.1, 0.15) is 50.7 Å². The largest absolute Gasteiger partial charge is 0.508 e. The molecule has 3 aliphatic rings. The third-order valence-corrected chi connectivity index (χ3v) is 6.23. The minimum absolute atomic E-state index is 0.180. The molecule has 21 heavy (non-hydrogen) atoms. The fraction of sp³-hybridized carbons (Fsp3) is 0.684. The monoisotopic (exact) mass is 285 g/mol. The van der Waals surface area contributed by atoms with Gasteiger partial charge in [0.15, 0.2) is 0 Å². The Morgan fingerprint density at radius 1 is 1.24 bits per heavy atom. The van der Waals surface area contributed by atoms with Crippen LogP contribution < -0.4 is 0 Å². The molecular formula is C19H27NO. The standard InChI is InChI=1S/C19H27NO/c1-19(2)16-4-3-9-20(12-13-5-6-13)18(16)10-14-7-8-15(21)11-17(14)19/h7-8,11,13,16,18,21H,3-6,9-10,12H2,1-2H3.